The fourth-order valence-corrected chi connectivity index (χ4v) is 3.88. The molecule has 0 unspecified atom stereocenters. The van der Waals surface area contributed by atoms with E-state index in [0.29, 0.717) is 29.2 Å². The van der Waals surface area contributed by atoms with E-state index in [2.05, 4.69) is 10.3 Å². The van der Waals surface area contributed by atoms with Gasteiger partial charge in [-0.25, -0.2) is 9.78 Å². The van der Waals surface area contributed by atoms with Crippen LogP contribution in [0.1, 0.15) is 21.5 Å². The van der Waals surface area contributed by atoms with Crippen molar-refractivity contribution in [3.8, 4) is 11.1 Å². The number of pyridine rings is 1. The molecular weight excluding hydrogens is 417 g/mol. The second kappa shape index (κ2) is 9.00. The van der Waals surface area contributed by atoms with E-state index in [-0.39, 0.29) is 27.6 Å². The zero-order valence-corrected chi connectivity index (χ0v) is 16.1. The monoisotopic (exact) mass is 432 g/mol. The van der Waals surface area contributed by atoms with Crippen LogP contribution in [0, 0.1) is 0 Å². The summed E-state index contributed by atoms with van der Waals surface area (Å²) in [6, 6.07) is 14.0. The molecule has 0 aliphatic carbocycles. The molecule has 0 aliphatic rings. The fraction of sp³-hybridized carbons (Fsp3) is 0.0952. The first-order valence-electron chi connectivity index (χ1n) is 8.64. The van der Waals surface area contributed by atoms with E-state index in [9.17, 15) is 22.8 Å². The van der Waals surface area contributed by atoms with Crippen molar-refractivity contribution in [2.24, 2.45) is 0 Å². The van der Waals surface area contributed by atoms with Crippen LogP contribution in [0.15, 0.2) is 70.7 Å². The van der Waals surface area contributed by atoms with Crippen molar-refractivity contribution >= 4 is 24.1 Å². The zero-order chi connectivity index (χ0) is 21.7. The minimum atomic E-state index is -4.71. The van der Waals surface area contributed by atoms with Gasteiger partial charge in [0.05, 0.1) is 5.56 Å². The maximum absolute atomic E-state index is 14.0. The highest BCUT2D eigenvalue weighted by molar-refractivity contribution is 7.99. The molecule has 0 bridgehead atoms. The maximum Gasteiger partial charge on any atom is 0.417 e. The van der Waals surface area contributed by atoms with Crippen molar-refractivity contribution in [3.63, 3.8) is 0 Å². The summed E-state index contributed by atoms with van der Waals surface area (Å²) in [7, 11) is 0. The topological polar surface area (TPSA) is 79.3 Å². The third-order valence-electron chi connectivity index (χ3n) is 4.13. The van der Waals surface area contributed by atoms with E-state index in [1.165, 1.54) is 24.4 Å². The Balaban J connectivity index is 2.21. The molecule has 1 aromatic heterocycles. The third-order valence-corrected chi connectivity index (χ3v) is 5.36. The number of amides is 1. The van der Waals surface area contributed by atoms with E-state index < -0.39 is 17.8 Å². The Morgan fingerprint density at radius 2 is 1.83 bits per heavy atom. The van der Waals surface area contributed by atoms with Crippen molar-refractivity contribution < 1.29 is 27.9 Å². The van der Waals surface area contributed by atoms with Gasteiger partial charge < -0.3 is 10.4 Å². The number of carbonyl (C=O) groups is 2. The number of benzene rings is 2. The standard InChI is InChI=1S/C21H15F3N2O3S/c22-21(23,24)17-10-15(13-5-2-1-3-6-13)9-16(11-26-20(28)29)18(17)30-19-14(12-27)7-4-8-25-19/h1-10,12,26H,11H2,(H,28,29). The number of nitrogens with one attached hydrogen (secondary N) is 1. The lowest BCUT2D eigenvalue weighted by molar-refractivity contribution is -0.139. The Hall–Kier alpha value is -3.33. The van der Waals surface area contributed by atoms with Crippen LogP contribution in [-0.2, 0) is 12.7 Å². The molecule has 9 heteroatoms. The smallest absolute Gasteiger partial charge is 0.417 e. The number of hydrogen-bond acceptors (Lipinski definition) is 4. The number of rotatable bonds is 6. The molecule has 0 spiro atoms. The van der Waals surface area contributed by atoms with Gasteiger partial charge in [-0.3, -0.25) is 4.79 Å². The van der Waals surface area contributed by atoms with Crippen LogP contribution in [0.4, 0.5) is 18.0 Å². The summed E-state index contributed by atoms with van der Waals surface area (Å²) in [6.45, 7) is -0.343. The molecule has 0 aliphatic heterocycles. The van der Waals surface area contributed by atoms with Gasteiger partial charge in [0.15, 0.2) is 6.29 Å². The fourth-order valence-electron chi connectivity index (χ4n) is 2.79. The van der Waals surface area contributed by atoms with Gasteiger partial charge in [0.1, 0.15) is 5.03 Å². The van der Waals surface area contributed by atoms with Crippen LogP contribution in [-0.4, -0.2) is 22.5 Å². The minimum Gasteiger partial charge on any atom is -0.465 e. The molecule has 3 aromatic rings. The molecule has 1 amide bonds. The molecule has 1 heterocycles. The van der Waals surface area contributed by atoms with Gasteiger partial charge in [0, 0.05) is 23.2 Å². The van der Waals surface area contributed by atoms with Gasteiger partial charge in [0.2, 0.25) is 0 Å². The van der Waals surface area contributed by atoms with Gasteiger partial charge in [-0.05, 0) is 41.0 Å². The Morgan fingerprint density at radius 3 is 2.47 bits per heavy atom. The first kappa shape index (κ1) is 21.4. The van der Waals surface area contributed by atoms with Crippen molar-refractivity contribution in [1.82, 2.24) is 10.3 Å². The van der Waals surface area contributed by atoms with Crippen LogP contribution in [0.2, 0.25) is 0 Å². The summed E-state index contributed by atoms with van der Waals surface area (Å²) < 4.78 is 41.9. The highest BCUT2D eigenvalue weighted by Crippen LogP contribution is 2.43. The molecule has 0 saturated carbocycles. The molecule has 154 valence electrons. The Bertz CT molecular complexity index is 1070. The van der Waals surface area contributed by atoms with E-state index in [0.717, 1.165) is 6.07 Å². The van der Waals surface area contributed by atoms with Gasteiger partial charge >= 0.3 is 12.3 Å². The second-order valence-corrected chi connectivity index (χ2v) is 7.15. The first-order valence-corrected chi connectivity index (χ1v) is 9.45. The summed E-state index contributed by atoms with van der Waals surface area (Å²) >= 11 is 0.679. The predicted molar refractivity (Wildman–Crippen MR) is 105 cm³/mol. The van der Waals surface area contributed by atoms with Crippen molar-refractivity contribution in [2.75, 3.05) is 0 Å². The maximum atomic E-state index is 14.0. The van der Waals surface area contributed by atoms with Gasteiger partial charge in [-0.1, -0.05) is 42.1 Å². The summed E-state index contributed by atoms with van der Waals surface area (Å²) in [5.74, 6) is 0. The third kappa shape index (κ3) is 4.98. The van der Waals surface area contributed by atoms with Crippen LogP contribution in [0.3, 0.4) is 0 Å². The molecule has 2 aromatic carbocycles. The van der Waals surface area contributed by atoms with Gasteiger partial charge in [-0.15, -0.1) is 0 Å². The number of carbonyl (C=O) groups excluding carboxylic acids is 1. The molecule has 3 rings (SSSR count). The quantitative estimate of drug-likeness (QED) is 0.503. The number of halogens is 3. The lowest BCUT2D eigenvalue weighted by Crippen LogP contribution is -2.21. The Morgan fingerprint density at radius 1 is 1.10 bits per heavy atom. The van der Waals surface area contributed by atoms with Gasteiger partial charge in [-0.2, -0.15) is 13.2 Å². The second-order valence-electron chi connectivity index (χ2n) is 6.15. The molecule has 0 saturated heterocycles. The summed E-state index contributed by atoms with van der Waals surface area (Å²) in [5, 5.41) is 11.2. The van der Waals surface area contributed by atoms with Crippen molar-refractivity contribution in [1.29, 1.82) is 0 Å². The molecule has 0 atom stereocenters. The van der Waals surface area contributed by atoms with Crippen LogP contribution < -0.4 is 5.32 Å². The number of hydrogen-bond donors (Lipinski definition) is 2. The van der Waals surface area contributed by atoms with E-state index in [1.807, 2.05) is 0 Å². The number of carboxylic acid groups (broad SMARTS) is 1. The van der Waals surface area contributed by atoms with E-state index in [4.69, 9.17) is 5.11 Å². The zero-order valence-electron chi connectivity index (χ0n) is 15.3. The van der Waals surface area contributed by atoms with E-state index >= 15 is 0 Å². The lowest BCUT2D eigenvalue weighted by atomic mass is 9.99. The van der Waals surface area contributed by atoms with Gasteiger partial charge in [0.25, 0.3) is 0 Å². The highest BCUT2D eigenvalue weighted by atomic mass is 32.2. The largest absolute Gasteiger partial charge is 0.465 e. The lowest BCUT2D eigenvalue weighted by Gasteiger charge is -2.19. The molecule has 5 nitrogen and oxygen atoms in total. The Kier molecular flexibility index (Phi) is 6.41. The number of aldehydes is 1. The molecule has 0 radical (unpaired) electrons. The SMILES string of the molecule is O=Cc1cccnc1Sc1c(CNC(=O)O)cc(-c2ccccc2)cc1C(F)(F)F. The average molecular weight is 432 g/mol. The predicted octanol–water partition coefficient (Wildman–Crippen LogP) is 5.50. The summed E-state index contributed by atoms with van der Waals surface area (Å²) in [4.78, 5) is 26.1. The van der Waals surface area contributed by atoms with Crippen molar-refractivity contribution in [3.05, 3.63) is 77.5 Å². The van der Waals surface area contributed by atoms with E-state index in [1.54, 1.807) is 30.3 Å². The number of nitrogens with zero attached hydrogens (tertiary/aromatic N) is 1. The normalized spacial score (nSPS) is 11.2. The van der Waals surface area contributed by atoms with Crippen LogP contribution in [0.25, 0.3) is 11.1 Å². The first-order chi connectivity index (χ1) is 14.3. The summed E-state index contributed by atoms with van der Waals surface area (Å²) in [6.07, 6.45) is -4.19. The number of aromatic nitrogens is 1. The molecule has 0 fully saturated rings. The Labute approximate surface area is 174 Å². The number of alkyl halides is 3. The molecule has 30 heavy (non-hydrogen) atoms. The van der Waals surface area contributed by atoms with Crippen molar-refractivity contribution in [2.45, 2.75) is 22.6 Å². The molecule has 2 N–H and O–H groups in total. The van der Waals surface area contributed by atoms with Crippen LogP contribution in [0.5, 0.6) is 0 Å². The highest BCUT2D eigenvalue weighted by Gasteiger charge is 2.36. The summed E-state index contributed by atoms with van der Waals surface area (Å²) in [5.41, 5.74) is 0.186. The average Bonchev–Trinajstić information content (AvgIpc) is 2.73. The van der Waals surface area contributed by atoms with Crippen LogP contribution >= 0.6 is 11.8 Å². The minimum absolute atomic E-state index is 0.0991. The molecular formula is C21H15F3N2O3S.